The number of nitrogen functional groups attached to an aromatic ring is 1. The van der Waals surface area contributed by atoms with Gasteiger partial charge in [0.2, 0.25) is 0 Å². The van der Waals surface area contributed by atoms with Crippen LogP contribution in [-0.2, 0) is 0 Å². The van der Waals surface area contributed by atoms with Gasteiger partial charge in [-0.05, 0) is 36.4 Å². The molecule has 0 spiro atoms. The van der Waals surface area contributed by atoms with Crippen LogP contribution < -0.4 is 11.1 Å². The molecule has 0 saturated carbocycles. The Morgan fingerprint density at radius 3 is 2.21 bits per heavy atom. The van der Waals surface area contributed by atoms with Gasteiger partial charge in [-0.3, -0.25) is 0 Å². The van der Waals surface area contributed by atoms with E-state index in [0.717, 1.165) is 0 Å². The number of rotatable bonds is 3. The van der Waals surface area contributed by atoms with Crippen molar-refractivity contribution in [1.82, 2.24) is 0 Å². The molecule has 4 N–H and O–H groups in total. The van der Waals surface area contributed by atoms with Crippen LogP contribution in [0, 0.1) is 0 Å². The number of carbonyl (C=O) groups is 1. The maximum atomic E-state index is 10.8. The Bertz CT molecular complexity index is 624. The third-order valence-electron chi connectivity index (χ3n) is 2.43. The standard InChI is InChI=1S/C13H10Cl2N2O2/c14-7-3-8(15)5-10(4-7)17-9-1-2-11(13(18)19)12(16)6-9/h1-6,17H,16H2,(H,18,19). The fourth-order valence-corrected chi connectivity index (χ4v) is 2.15. The van der Waals surface area contributed by atoms with Crippen molar-refractivity contribution in [2.75, 3.05) is 11.1 Å². The lowest BCUT2D eigenvalue weighted by Gasteiger charge is -2.09. The van der Waals surface area contributed by atoms with E-state index >= 15 is 0 Å². The van der Waals surface area contributed by atoms with Gasteiger partial charge in [-0.15, -0.1) is 0 Å². The van der Waals surface area contributed by atoms with Crippen LogP contribution in [-0.4, -0.2) is 11.1 Å². The largest absolute Gasteiger partial charge is 0.478 e. The van der Waals surface area contributed by atoms with Crippen LogP contribution in [0.25, 0.3) is 0 Å². The van der Waals surface area contributed by atoms with Gasteiger partial charge in [-0.25, -0.2) is 4.79 Å². The summed E-state index contributed by atoms with van der Waals surface area (Å²) < 4.78 is 0. The average Bonchev–Trinajstić information content (AvgIpc) is 2.26. The van der Waals surface area contributed by atoms with Crippen molar-refractivity contribution in [3.63, 3.8) is 0 Å². The molecule has 98 valence electrons. The van der Waals surface area contributed by atoms with Gasteiger partial charge in [-0.2, -0.15) is 0 Å². The lowest BCUT2D eigenvalue weighted by molar-refractivity contribution is 0.0698. The number of nitrogens with two attached hydrogens (primary N) is 1. The van der Waals surface area contributed by atoms with E-state index in [1.54, 1.807) is 24.3 Å². The van der Waals surface area contributed by atoms with Crippen molar-refractivity contribution in [1.29, 1.82) is 0 Å². The number of carboxylic acid groups (broad SMARTS) is 1. The van der Waals surface area contributed by atoms with Crippen molar-refractivity contribution in [2.24, 2.45) is 0 Å². The SMILES string of the molecule is Nc1cc(Nc2cc(Cl)cc(Cl)c2)ccc1C(=O)O. The van der Waals surface area contributed by atoms with Gasteiger partial charge >= 0.3 is 5.97 Å². The summed E-state index contributed by atoms with van der Waals surface area (Å²) in [6, 6.07) is 9.62. The monoisotopic (exact) mass is 296 g/mol. The highest BCUT2D eigenvalue weighted by molar-refractivity contribution is 6.35. The van der Waals surface area contributed by atoms with Gasteiger partial charge in [0.1, 0.15) is 0 Å². The first-order chi connectivity index (χ1) is 8.95. The lowest BCUT2D eigenvalue weighted by Crippen LogP contribution is -2.03. The van der Waals surface area contributed by atoms with Gasteiger partial charge in [0.15, 0.2) is 0 Å². The molecule has 0 atom stereocenters. The molecule has 4 nitrogen and oxygen atoms in total. The number of nitrogens with one attached hydrogen (secondary N) is 1. The second-order valence-electron chi connectivity index (χ2n) is 3.89. The van der Waals surface area contributed by atoms with E-state index in [1.807, 2.05) is 0 Å². The highest BCUT2D eigenvalue weighted by Gasteiger charge is 2.08. The minimum atomic E-state index is -1.06. The number of carboxylic acids is 1. The summed E-state index contributed by atoms with van der Waals surface area (Å²) in [6.07, 6.45) is 0. The van der Waals surface area contributed by atoms with Crippen LogP contribution in [0.3, 0.4) is 0 Å². The third-order valence-corrected chi connectivity index (χ3v) is 2.87. The van der Waals surface area contributed by atoms with Crippen molar-refractivity contribution >= 4 is 46.2 Å². The smallest absolute Gasteiger partial charge is 0.337 e. The molecule has 0 bridgehead atoms. The molecule has 0 aromatic heterocycles. The van der Waals surface area contributed by atoms with Crippen molar-refractivity contribution in [3.05, 3.63) is 52.0 Å². The first-order valence-electron chi connectivity index (χ1n) is 5.31. The van der Waals surface area contributed by atoms with Crippen LogP contribution in [0.2, 0.25) is 10.0 Å². The number of hydrogen-bond donors (Lipinski definition) is 3. The molecule has 0 aliphatic carbocycles. The Hall–Kier alpha value is -1.91. The predicted molar refractivity (Wildman–Crippen MR) is 77.6 cm³/mol. The summed E-state index contributed by atoms with van der Waals surface area (Å²) in [5.74, 6) is -1.06. The highest BCUT2D eigenvalue weighted by Crippen LogP contribution is 2.26. The molecule has 0 amide bonds. The molecule has 2 aromatic rings. The normalized spacial score (nSPS) is 10.2. The molecule has 0 saturated heterocycles. The number of halogens is 2. The minimum Gasteiger partial charge on any atom is -0.478 e. The summed E-state index contributed by atoms with van der Waals surface area (Å²) in [7, 11) is 0. The number of hydrogen-bond acceptors (Lipinski definition) is 3. The molecule has 19 heavy (non-hydrogen) atoms. The predicted octanol–water partition coefficient (Wildman–Crippen LogP) is 4.02. The van der Waals surface area contributed by atoms with E-state index in [1.165, 1.54) is 12.1 Å². The minimum absolute atomic E-state index is 0.0645. The van der Waals surface area contributed by atoms with Crippen molar-refractivity contribution in [3.8, 4) is 0 Å². The van der Waals surface area contributed by atoms with Gasteiger partial charge in [0.25, 0.3) is 0 Å². The average molecular weight is 297 g/mol. The third kappa shape index (κ3) is 3.30. The Labute approximate surface area is 119 Å². The fraction of sp³-hybridized carbons (Fsp3) is 0. The quantitative estimate of drug-likeness (QED) is 0.748. The molecule has 2 aromatic carbocycles. The molecular formula is C13H10Cl2N2O2. The van der Waals surface area contributed by atoms with Crippen LogP contribution >= 0.6 is 23.2 Å². The molecule has 2 rings (SSSR count). The maximum absolute atomic E-state index is 10.8. The van der Waals surface area contributed by atoms with E-state index in [9.17, 15) is 4.79 Å². The Morgan fingerprint density at radius 2 is 1.68 bits per heavy atom. The molecule has 0 unspecified atom stereocenters. The van der Waals surface area contributed by atoms with Crippen LogP contribution in [0.5, 0.6) is 0 Å². The maximum Gasteiger partial charge on any atom is 0.337 e. The zero-order chi connectivity index (χ0) is 14.0. The fourth-order valence-electron chi connectivity index (χ4n) is 1.63. The van der Waals surface area contributed by atoms with E-state index in [4.69, 9.17) is 34.0 Å². The zero-order valence-corrected chi connectivity index (χ0v) is 11.2. The molecule has 0 heterocycles. The van der Waals surface area contributed by atoms with Crippen LogP contribution in [0.15, 0.2) is 36.4 Å². The second-order valence-corrected chi connectivity index (χ2v) is 4.76. The molecule has 0 radical (unpaired) electrons. The highest BCUT2D eigenvalue weighted by atomic mass is 35.5. The first-order valence-corrected chi connectivity index (χ1v) is 6.07. The van der Waals surface area contributed by atoms with Gasteiger partial charge in [0, 0.05) is 27.1 Å². The summed E-state index contributed by atoms with van der Waals surface area (Å²) in [6.45, 7) is 0. The van der Waals surface area contributed by atoms with E-state index < -0.39 is 5.97 Å². The molecular weight excluding hydrogens is 287 g/mol. The van der Waals surface area contributed by atoms with E-state index in [0.29, 0.717) is 21.4 Å². The molecule has 0 fully saturated rings. The van der Waals surface area contributed by atoms with E-state index in [-0.39, 0.29) is 11.3 Å². The Kier molecular flexibility index (Phi) is 3.83. The summed E-state index contributed by atoms with van der Waals surface area (Å²) in [5.41, 5.74) is 7.26. The molecule has 6 heteroatoms. The number of aromatic carboxylic acids is 1. The topological polar surface area (TPSA) is 75.3 Å². The summed E-state index contributed by atoms with van der Waals surface area (Å²) >= 11 is 11.8. The molecule has 0 aliphatic heterocycles. The van der Waals surface area contributed by atoms with Gasteiger partial charge in [0.05, 0.1) is 5.56 Å². The zero-order valence-electron chi connectivity index (χ0n) is 9.65. The van der Waals surface area contributed by atoms with Crippen LogP contribution in [0.4, 0.5) is 17.1 Å². The van der Waals surface area contributed by atoms with Gasteiger partial charge < -0.3 is 16.2 Å². The molecule has 0 aliphatic rings. The van der Waals surface area contributed by atoms with E-state index in [2.05, 4.69) is 5.32 Å². The van der Waals surface area contributed by atoms with Crippen LogP contribution in [0.1, 0.15) is 10.4 Å². The Morgan fingerprint density at radius 1 is 1.05 bits per heavy atom. The first kappa shape index (κ1) is 13.5. The summed E-state index contributed by atoms with van der Waals surface area (Å²) in [5, 5.41) is 12.9. The number of benzene rings is 2. The number of anilines is 3. The Balaban J connectivity index is 2.28. The lowest BCUT2D eigenvalue weighted by atomic mass is 10.1. The van der Waals surface area contributed by atoms with Gasteiger partial charge in [-0.1, -0.05) is 23.2 Å². The van der Waals surface area contributed by atoms with Crippen molar-refractivity contribution in [2.45, 2.75) is 0 Å². The summed E-state index contributed by atoms with van der Waals surface area (Å²) in [4.78, 5) is 10.8. The second kappa shape index (κ2) is 5.38. The van der Waals surface area contributed by atoms with Crippen molar-refractivity contribution < 1.29 is 9.90 Å².